The lowest BCUT2D eigenvalue weighted by Crippen LogP contribution is -2.71. The van der Waals surface area contributed by atoms with Crippen LogP contribution >= 0.6 is 0 Å². The molecule has 0 bridgehead atoms. The van der Waals surface area contributed by atoms with Crippen LogP contribution in [-0.4, -0.2) is 23.0 Å². The Hall–Kier alpha value is -3.20. The van der Waals surface area contributed by atoms with Crippen LogP contribution in [-0.2, 0) is 4.79 Å². The molecule has 3 aliphatic rings. The normalized spacial score (nSPS) is 25.9. The van der Waals surface area contributed by atoms with Crippen molar-refractivity contribution in [1.29, 1.82) is 5.26 Å². The molecule has 2 aromatic rings. The van der Waals surface area contributed by atoms with Gasteiger partial charge < -0.3 is 10.2 Å². The summed E-state index contributed by atoms with van der Waals surface area (Å²) in [4.78, 5) is 14.6. The van der Waals surface area contributed by atoms with Gasteiger partial charge in [-0.05, 0) is 48.1 Å². The number of hydrogen-bond acceptors (Lipinski definition) is 3. The molecule has 3 unspecified atom stereocenters. The van der Waals surface area contributed by atoms with Crippen LogP contribution in [0.4, 0.5) is 8.78 Å². The predicted octanol–water partition coefficient (Wildman–Crippen LogP) is 3.51. The fourth-order valence-electron chi connectivity index (χ4n) is 4.43. The average molecular weight is 377 g/mol. The molecule has 140 valence electrons. The second-order valence-corrected chi connectivity index (χ2v) is 7.60. The quantitative estimate of drug-likeness (QED) is 0.891. The summed E-state index contributed by atoms with van der Waals surface area (Å²) in [5.41, 5.74) is 2.43. The molecule has 2 aliphatic heterocycles. The van der Waals surface area contributed by atoms with Crippen LogP contribution in [0, 0.1) is 28.9 Å². The third kappa shape index (κ3) is 2.58. The van der Waals surface area contributed by atoms with Crippen LogP contribution in [0.3, 0.4) is 0 Å². The molecule has 0 aromatic heterocycles. The highest BCUT2D eigenvalue weighted by molar-refractivity contribution is 5.98. The van der Waals surface area contributed by atoms with Gasteiger partial charge >= 0.3 is 0 Å². The van der Waals surface area contributed by atoms with E-state index >= 15 is 0 Å². The molecular formula is C22H17F2N3O. The first-order chi connectivity index (χ1) is 13.6. The Bertz CT molecular complexity index is 1040. The summed E-state index contributed by atoms with van der Waals surface area (Å²) in [7, 11) is 0. The fourth-order valence-corrected chi connectivity index (χ4v) is 4.43. The van der Waals surface area contributed by atoms with E-state index in [9.17, 15) is 13.6 Å². The van der Waals surface area contributed by atoms with E-state index in [1.807, 2.05) is 0 Å². The monoisotopic (exact) mass is 377 g/mol. The molecule has 3 atom stereocenters. The van der Waals surface area contributed by atoms with Crippen molar-refractivity contribution in [3.63, 3.8) is 0 Å². The number of halogens is 2. The van der Waals surface area contributed by atoms with Crippen LogP contribution in [0.1, 0.15) is 35.4 Å². The van der Waals surface area contributed by atoms with Gasteiger partial charge in [0.05, 0.1) is 11.6 Å². The molecule has 1 amide bonds. The molecule has 4 nitrogen and oxygen atoms in total. The summed E-state index contributed by atoms with van der Waals surface area (Å²) in [6.45, 7) is 0. The van der Waals surface area contributed by atoms with Crippen LogP contribution < -0.4 is 5.32 Å². The zero-order chi connectivity index (χ0) is 19.4. The number of carbonyl (C=O) groups excluding carboxylic acids is 1. The summed E-state index contributed by atoms with van der Waals surface area (Å²) in [6.07, 6.45) is 3.23. The van der Waals surface area contributed by atoms with Crippen molar-refractivity contribution in [2.75, 3.05) is 0 Å². The van der Waals surface area contributed by atoms with Crippen molar-refractivity contribution >= 4 is 11.6 Å². The van der Waals surface area contributed by atoms with Crippen molar-refractivity contribution in [2.45, 2.75) is 31.0 Å². The van der Waals surface area contributed by atoms with Crippen molar-refractivity contribution in [3.05, 3.63) is 76.9 Å². The number of carbonyl (C=O) groups is 1. The maximum Gasteiger partial charge on any atom is 0.250 e. The Labute approximate surface area is 161 Å². The maximum absolute atomic E-state index is 14.5. The average Bonchev–Trinajstić information content (AvgIpc) is 3.50. The number of hydrogen-bond donors (Lipinski definition) is 1. The van der Waals surface area contributed by atoms with Crippen molar-refractivity contribution in [3.8, 4) is 6.07 Å². The van der Waals surface area contributed by atoms with E-state index < -0.39 is 11.6 Å². The lowest BCUT2D eigenvalue weighted by Gasteiger charge is -2.57. The summed E-state index contributed by atoms with van der Waals surface area (Å²) >= 11 is 0. The van der Waals surface area contributed by atoms with Gasteiger partial charge in [0.1, 0.15) is 17.8 Å². The van der Waals surface area contributed by atoms with E-state index in [4.69, 9.17) is 5.26 Å². The largest absolute Gasteiger partial charge is 0.364 e. The summed E-state index contributed by atoms with van der Waals surface area (Å²) in [6, 6.07) is 12.6. The van der Waals surface area contributed by atoms with E-state index in [1.54, 1.807) is 35.2 Å². The maximum atomic E-state index is 14.5. The van der Waals surface area contributed by atoms with Gasteiger partial charge in [-0.15, -0.1) is 0 Å². The van der Waals surface area contributed by atoms with Gasteiger partial charge in [0.2, 0.25) is 0 Å². The molecule has 0 radical (unpaired) electrons. The minimum absolute atomic E-state index is 0.0660. The van der Waals surface area contributed by atoms with E-state index in [-0.39, 0.29) is 24.0 Å². The molecule has 28 heavy (non-hydrogen) atoms. The van der Waals surface area contributed by atoms with E-state index in [0.717, 1.165) is 24.5 Å². The third-order valence-electron chi connectivity index (χ3n) is 5.91. The molecule has 6 heteroatoms. The van der Waals surface area contributed by atoms with Crippen LogP contribution in [0.15, 0.2) is 48.5 Å². The summed E-state index contributed by atoms with van der Waals surface area (Å²) < 4.78 is 27.9. The highest BCUT2D eigenvalue weighted by Crippen LogP contribution is 2.52. The standard InChI is InChI=1S/C22H17F2N3O/c23-15-7-8-16(17(24)9-15)20-21(14-5-6-14)27-19(28)10-18(26-22(20)27)13-3-1-12(11-25)2-4-13/h1-4,7-10,14,20-22,26H,5-6H2. The minimum atomic E-state index is -0.605. The molecule has 0 spiro atoms. The number of amides is 1. The molecule has 2 fully saturated rings. The van der Waals surface area contributed by atoms with Crippen molar-refractivity contribution in [1.82, 2.24) is 10.2 Å². The first-order valence-corrected chi connectivity index (χ1v) is 9.33. The van der Waals surface area contributed by atoms with Gasteiger partial charge in [-0.25, -0.2) is 8.78 Å². The zero-order valence-electron chi connectivity index (χ0n) is 14.9. The Morgan fingerprint density at radius 1 is 1.11 bits per heavy atom. The Balaban J connectivity index is 1.50. The van der Waals surface area contributed by atoms with E-state index in [0.29, 0.717) is 22.7 Å². The van der Waals surface area contributed by atoms with Crippen LogP contribution in [0.5, 0.6) is 0 Å². The summed E-state index contributed by atoms with van der Waals surface area (Å²) in [5, 5.41) is 12.3. The molecule has 2 heterocycles. The number of benzene rings is 2. The number of nitrogens with one attached hydrogen (secondary N) is 1. The topological polar surface area (TPSA) is 56.1 Å². The van der Waals surface area contributed by atoms with Crippen molar-refractivity contribution < 1.29 is 13.6 Å². The van der Waals surface area contributed by atoms with E-state index in [1.165, 1.54) is 12.1 Å². The Morgan fingerprint density at radius 3 is 2.50 bits per heavy atom. The molecule has 1 N–H and O–H groups in total. The number of fused-ring (bicyclic) bond motifs is 1. The third-order valence-corrected chi connectivity index (χ3v) is 5.91. The van der Waals surface area contributed by atoms with Gasteiger partial charge in [-0.1, -0.05) is 18.2 Å². The van der Waals surface area contributed by atoms with Gasteiger partial charge in [-0.3, -0.25) is 4.79 Å². The molecule has 2 aromatic carbocycles. The number of nitriles is 1. The summed E-state index contributed by atoms with van der Waals surface area (Å²) in [5.74, 6) is -1.13. The lowest BCUT2D eigenvalue weighted by molar-refractivity contribution is -0.146. The SMILES string of the molecule is N#Cc1ccc(C2=CC(=O)N3C(N2)C(c2ccc(F)cc2F)C3C2CC2)cc1. The van der Waals surface area contributed by atoms with Gasteiger partial charge in [0.15, 0.2) is 0 Å². The van der Waals surface area contributed by atoms with Gasteiger partial charge in [-0.2, -0.15) is 5.26 Å². The van der Waals surface area contributed by atoms with Crippen LogP contribution in [0.2, 0.25) is 0 Å². The number of rotatable bonds is 3. The minimum Gasteiger partial charge on any atom is -0.364 e. The highest BCUT2D eigenvalue weighted by Gasteiger charge is 2.58. The zero-order valence-corrected chi connectivity index (χ0v) is 14.9. The molecule has 5 rings (SSSR count). The molecule has 1 saturated carbocycles. The second-order valence-electron chi connectivity index (χ2n) is 7.60. The first-order valence-electron chi connectivity index (χ1n) is 9.33. The fraction of sp³-hybridized carbons (Fsp3) is 0.273. The molecule has 1 saturated heterocycles. The predicted molar refractivity (Wildman–Crippen MR) is 98.5 cm³/mol. The highest BCUT2D eigenvalue weighted by atomic mass is 19.1. The van der Waals surface area contributed by atoms with Gasteiger partial charge in [0, 0.05) is 29.8 Å². The smallest absolute Gasteiger partial charge is 0.250 e. The van der Waals surface area contributed by atoms with Crippen LogP contribution in [0.25, 0.3) is 5.70 Å². The Morgan fingerprint density at radius 2 is 1.86 bits per heavy atom. The molecule has 1 aliphatic carbocycles. The lowest BCUT2D eigenvalue weighted by atomic mass is 9.75. The Kier molecular flexibility index (Phi) is 3.73. The molecular weight excluding hydrogens is 360 g/mol. The number of nitrogens with zero attached hydrogens (tertiary/aromatic N) is 2. The van der Waals surface area contributed by atoms with Gasteiger partial charge in [0.25, 0.3) is 5.91 Å². The first kappa shape index (κ1) is 16.9. The van der Waals surface area contributed by atoms with E-state index in [2.05, 4.69) is 11.4 Å². The van der Waals surface area contributed by atoms with Crippen molar-refractivity contribution in [2.24, 2.45) is 5.92 Å². The second kappa shape index (κ2) is 6.16.